The van der Waals surface area contributed by atoms with Gasteiger partial charge in [0.05, 0.1) is 23.9 Å². The third-order valence-corrected chi connectivity index (χ3v) is 2.95. The Morgan fingerprint density at radius 2 is 2.06 bits per heavy atom. The number of benzene rings is 1. The smallest absolute Gasteiger partial charge is 0.0732 e. The molecular formula is C15H20N2O. The second-order valence-electron chi connectivity index (χ2n) is 4.39. The zero-order valence-electron chi connectivity index (χ0n) is 11.0. The summed E-state index contributed by atoms with van der Waals surface area (Å²) in [6.45, 7) is 3.78. The van der Waals surface area contributed by atoms with Crippen LogP contribution in [-0.4, -0.2) is 25.2 Å². The second kappa shape index (κ2) is 6.47. The molecule has 0 spiro atoms. The normalized spacial score (nSPS) is 12.8. The number of ether oxygens (including phenoxy) is 1. The predicted molar refractivity (Wildman–Crippen MR) is 74.7 cm³/mol. The Balaban J connectivity index is 2.25. The van der Waals surface area contributed by atoms with Crippen LogP contribution >= 0.6 is 0 Å². The highest BCUT2D eigenvalue weighted by atomic mass is 16.5. The Kier molecular flexibility index (Phi) is 4.67. The molecule has 96 valence electrons. The maximum absolute atomic E-state index is 5.27. The number of hydrogen-bond acceptors (Lipinski definition) is 3. The first-order chi connectivity index (χ1) is 8.85. The molecule has 0 saturated heterocycles. The molecule has 0 bridgehead atoms. The topological polar surface area (TPSA) is 34.1 Å². The lowest BCUT2D eigenvalue weighted by atomic mass is 10.1. The van der Waals surface area contributed by atoms with E-state index in [9.17, 15) is 0 Å². The second-order valence-corrected chi connectivity index (χ2v) is 4.39. The van der Waals surface area contributed by atoms with Crippen LogP contribution in [0.5, 0.6) is 0 Å². The molecule has 1 atom stereocenters. The SMILES string of the molecule is CCCNC(COC)c1ccc2ccccc2n1. The van der Waals surface area contributed by atoms with Crippen molar-refractivity contribution in [2.24, 2.45) is 0 Å². The Labute approximate surface area is 108 Å². The van der Waals surface area contributed by atoms with Gasteiger partial charge in [-0.25, -0.2) is 0 Å². The summed E-state index contributed by atoms with van der Waals surface area (Å²) in [6, 6.07) is 12.5. The molecule has 3 nitrogen and oxygen atoms in total. The maximum Gasteiger partial charge on any atom is 0.0732 e. The number of rotatable bonds is 6. The zero-order valence-corrected chi connectivity index (χ0v) is 11.0. The van der Waals surface area contributed by atoms with Crippen LogP contribution in [0.3, 0.4) is 0 Å². The van der Waals surface area contributed by atoms with E-state index in [1.165, 1.54) is 5.39 Å². The van der Waals surface area contributed by atoms with Crippen molar-refractivity contribution in [2.75, 3.05) is 20.3 Å². The lowest BCUT2D eigenvalue weighted by Crippen LogP contribution is -2.26. The quantitative estimate of drug-likeness (QED) is 0.848. The lowest BCUT2D eigenvalue weighted by molar-refractivity contribution is 0.165. The molecule has 1 heterocycles. The average molecular weight is 244 g/mol. The highest BCUT2D eigenvalue weighted by molar-refractivity contribution is 5.78. The molecule has 2 rings (SSSR count). The first-order valence-corrected chi connectivity index (χ1v) is 6.43. The maximum atomic E-state index is 5.27. The van der Waals surface area contributed by atoms with Gasteiger partial charge in [0.15, 0.2) is 0 Å². The molecule has 1 unspecified atom stereocenters. The van der Waals surface area contributed by atoms with Crippen LogP contribution in [0, 0.1) is 0 Å². The van der Waals surface area contributed by atoms with Gasteiger partial charge in [0.25, 0.3) is 0 Å². The van der Waals surface area contributed by atoms with Gasteiger partial charge >= 0.3 is 0 Å². The molecule has 0 saturated carbocycles. The van der Waals surface area contributed by atoms with Crippen molar-refractivity contribution in [1.82, 2.24) is 10.3 Å². The highest BCUT2D eigenvalue weighted by Crippen LogP contribution is 2.17. The van der Waals surface area contributed by atoms with Crippen molar-refractivity contribution in [1.29, 1.82) is 0 Å². The summed E-state index contributed by atoms with van der Waals surface area (Å²) in [5, 5.41) is 4.64. The molecule has 3 heteroatoms. The van der Waals surface area contributed by atoms with Crippen LogP contribution in [0.25, 0.3) is 10.9 Å². The third-order valence-electron chi connectivity index (χ3n) is 2.95. The van der Waals surface area contributed by atoms with Crippen molar-refractivity contribution >= 4 is 10.9 Å². The summed E-state index contributed by atoms with van der Waals surface area (Å²) >= 11 is 0. The molecule has 0 aliphatic carbocycles. The van der Waals surface area contributed by atoms with E-state index in [2.05, 4.69) is 30.4 Å². The van der Waals surface area contributed by atoms with E-state index in [0.717, 1.165) is 24.2 Å². The number of aromatic nitrogens is 1. The largest absolute Gasteiger partial charge is 0.383 e. The molecule has 0 radical (unpaired) electrons. The summed E-state index contributed by atoms with van der Waals surface area (Å²) in [4.78, 5) is 4.70. The minimum absolute atomic E-state index is 0.166. The Bertz CT molecular complexity index is 499. The van der Waals surface area contributed by atoms with E-state index in [-0.39, 0.29) is 6.04 Å². The van der Waals surface area contributed by atoms with Gasteiger partial charge in [-0.05, 0) is 25.1 Å². The van der Waals surface area contributed by atoms with Crippen LogP contribution in [0.2, 0.25) is 0 Å². The van der Waals surface area contributed by atoms with Gasteiger partial charge in [0, 0.05) is 12.5 Å². The van der Waals surface area contributed by atoms with Gasteiger partial charge in [-0.1, -0.05) is 31.2 Å². The van der Waals surface area contributed by atoms with Gasteiger partial charge < -0.3 is 10.1 Å². The molecule has 1 aromatic carbocycles. The van der Waals surface area contributed by atoms with E-state index in [4.69, 9.17) is 9.72 Å². The van der Waals surface area contributed by atoms with E-state index in [0.29, 0.717) is 6.61 Å². The molecule has 1 aromatic heterocycles. The van der Waals surface area contributed by atoms with Gasteiger partial charge in [-0.2, -0.15) is 0 Å². The summed E-state index contributed by atoms with van der Waals surface area (Å²) in [5.41, 5.74) is 2.08. The summed E-state index contributed by atoms with van der Waals surface area (Å²) in [6.07, 6.45) is 1.10. The monoisotopic (exact) mass is 244 g/mol. The van der Waals surface area contributed by atoms with Crippen LogP contribution in [0.4, 0.5) is 0 Å². The molecule has 2 aromatic rings. The fraction of sp³-hybridized carbons (Fsp3) is 0.400. The number of fused-ring (bicyclic) bond motifs is 1. The van der Waals surface area contributed by atoms with Crippen molar-refractivity contribution in [2.45, 2.75) is 19.4 Å². The molecule has 1 N–H and O–H groups in total. The summed E-state index contributed by atoms with van der Waals surface area (Å²) in [5.74, 6) is 0. The van der Waals surface area contributed by atoms with Crippen molar-refractivity contribution < 1.29 is 4.74 Å². The van der Waals surface area contributed by atoms with E-state index >= 15 is 0 Å². The summed E-state index contributed by atoms with van der Waals surface area (Å²) < 4.78 is 5.27. The number of para-hydroxylation sites is 1. The Morgan fingerprint density at radius 3 is 2.83 bits per heavy atom. The molecule has 0 aliphatic rings. The number of pyridine rings is 1. The number of methoxy groups -OCH3 is 1. The van der Waals surface area contributed by atoms with Gasteiger partial charge in [-0.3, -0.25) is 4.98 Å². The molecule has 0 fully saturated rings. The van der Waals surface area contributed by atoms with Crippen LogP contribution in [-0.2, 0) is 4.74 Å². The number of hydrogen-bond donors (Lipinski definition) is 1. The van der Waals surface area contributed by atoms with Crippen molar-refractivity contribution in [3.8, 4) is 0 Å². The molecular weight excluding hydrogens is 224 g/mol. The average Bonchev–Trinajstić information content (AvgIpc) is 2.43. The standard InChI is InChI=1S/C15H20N2O/c1-3-10-16-15(11-18-2)14-9-8-12-6-4-5-7-13(12)17-14/h4-9,15-16H,3,10-11H2,1-2H3. The third kappa shape index (κ3) is 3.06. The van der Waals surface area contributed by atoms with E-state index in [1.54, 1.807) is 7.11 Å². The minimum atomic E-state index is 0.166. The Hall–Kier alpha value is -1.45. The Morgan fingerprint density at radius 1 is 1.22 bits per heavy atom. The number of nitrogens with one attached hydrogen (secondary N) is 1. The molecule has 0 aliphatic heterocycles. The zero-order chi connectivity index (χ0) is 12.8. The van der Waals surface area contributed by atoms with E-state index in [1.807, 2.05) is 18.2 Å². The van der Waals surface area contributed by atoms with Crippen molar-refractivity contribution in [3.63, 3.8) is 0 Å². The lowest BCUT2D eigenvalue weighted by Gasteiger charge is -2.17. The van der Waals surface area contributed by atoms with Gasteiger partial charge in [-0.15, -0.1) is 0 Å². The van der Waals surface area contributed by atoms with Crippen molar-refractivity contribution in [3.05, 3.63) is 42.1 Å². The van der Waals surface area contributed by atoms with Crippen LogP contribution in [0.1, 0.15) is 25.1 Å². The summed E-state index contributed by atoms with van der Waals surface area (Å²) in [7, 11) is 1.72. The first-order valence-electron chi connectivity index (χ1n) is 6.43. The fourth-order valence-electron chi connectivity index (χ4n) is 2.01. The molecule has 0 amide bonds. The first kappa shape index (κ1) is 13.0. The number of nitrogens with zero attached hydrogens (tertiary/aromatic N) is 1. The van der Waals surface area contributed by atoms with Gasteiger partial charge in [0.1, 0.15) is 0 Å². The van der Waals surface area contributed by atoms with E-state index < -0.39 is 0 Å². The molecule has 18 heavy (non-hydrogen) atoms. The highest BCUT2D eigenvalue weighted by Gasteiger charge is 2.12. The van der Waals surface area contributed by atoms with Crippen LogP contribution in [0.15, 0.2) is 36.4 Å². The minimum Gasteiger partial charge on any atom is -0.383 e. The van der Waals surface area contributed by atoms with Crippen LogP contribution < -0.4 is 5.32 Å². The fourth-order valence-corrected chi connectivity index (χ4v) is 2.01. The van der Waals surface area contributed by atoms with Gasteiger partial charge in [0.2, 0.25) is 0 Å². The predicted octanol–water partition coefficient (Wildman–Crippen LogP) is 2.92.